The van der Waals surface area contributed by atoms with Gasteiger partial charge in [-0.3, -0.25) is 9.78 Å². The third kappa shape index (κ3) is 4.92. The summed E-state index contributed by atoms with van der Waals surface area (Å²) in [4.78, 5) is 18.7. The maximum atomic E-state index is 12.3. The first kappa shape index (κ1) is 17.7. The number of hydrogen-bond donors (Lipinski definition) is 1. The Balaban J connectivity index is 2.07. The SMILES string of the molecule is CCCN(CCC)c1ccnc(C(=O)NC2CCS(=O)(=O)C2)c1. The number of nitrogens with zero attached hydrogens (tertiary/aromatic N) is 2. The molecule has 2 rings (SSSR count). The van der Waals surface area contributed by atoms with Crippen molar-refractivity contribution in [1.29, 1.82) is 0 Å². The minimum Gasteiger partial charge on any atom is -0.371 e. The van der Waals surface area contributed by atoms with Crippen molar-refractivity contribution in [3.63, 3.8) is 0 Å². The first-order chi connectivity index (χ1) is 10.9. The molecule has 6 nitrogen and oxygen atoms in total. The summed E-state index contributed by atoms with van der Waals surface area (Å²) in [5, 5.41) is 2.78. The molecule has 0 bridgehead atoms. The van der Waals surface area contributed by atoms with Crippen LogP contribution in [0.4, 0.5) is 5.69 Å². The summed E-state index contributed by atoms with van der Waals surface area (Å²) in [6.45, 7) is 6.11. The Hall–Kier alpha value is -1.63. The first-order valence-electron chi connectivity index (χ1n) is 8.17. The van der Waals surface area contributed by atoms with Gasteiger partial charge < -0.3 is 10.2 Å². The largest absolute Gasteiger partial charge is 0.371 e. The highest BCUT2D eigenvalue weighted by atomic mass is 32.2. The molecule has 1 saturated heterocycles. The van der Waals surface area contributed by atoms with E-state index in [1.165, 1.54) is 0 Å². The summed E-state index contributed by atoms with van der Waals surface area (Å²) < 4.78 is 22.9. The monoisotopic (exact) mass is 339 g/mol. The lowest BCUT2D eigenvalue weighted by molar-refractivity contribution is 0.0936. The van der Waals surface area contributed by atoms with E-state index in [4.69, 9.17) is 0 Å². The standard InChI is InChI=1S/C16H25N3O3S/c1-3-8-19(9-4-2)14-5-7-17-15(11-14)16(20)18-13-6-10-23(21,22)12-13/h5,7,11,13H,3-4,6,8-10,12H2,1-2H3,(H,18,20). The predicted molar refractivity (Wildman–Crippen MR) is 91.6 cm³/mol. The Morgan fingerprint density at radius 1 is 1.35 bits per heavy atom. The van der Waals surface area contributed by atoms with E-state index in [9.17, 15) is 13.2 Å². The molecular weight excluding hydrogens is 314 g/mol. The summed E-state index contributed by atoms with van der Waals surface area (Å²) in [5.74, 6) is -0.135. The van der Waals surface area contributed by atoms with Crippen molar-refractivity contribution < 1.29 is 13.2 Å². The molecule has 1 amide bonds. The Morgan fingerprint density at radius 2 is 2.04 bits per heavy atom. The molecule has 23 heavy (non-hydrogen) atoms. The average Bonchev–Trinajstić information content (AvgIpc) is 2.86. The first-order valence-corrected chi connectivity index (χ1v) is 9.99. The minimum absolute atomic E-state index is 0.0240. The molecule has 128 valence electrons. The van der Waals surface area contributed by atoms with Gasteiger partial charge in [-0.15, -0.1) is 0 Å². The van der Waals surface area contributed by atoms with Crippen LogP contribution in [0.3, 0.4) is 0 Å². The van der Waals surface area contributed by atoms with Gasteiger partial charge in [0.25, 0.3) is 5.91 Å². The van der Waals surface area contributed by atoms with E-state index in [0.29, 0.717) is 12.1 Å². The Labute approximate surface area is 138 Å². The number of carbonyl (C=O) groups is 1. The molecule has 0 saturated carbocycles. The van der Waals surface area contributed by atoms with Gasteiger partial charge in [0.05, 0.1) is 11.5 Å². The average molecular weight is 339 g/mol. The molecule has 1 unspecified atom stereocenters. The molecule has 0 aromatic carbocycles. The van der Waals surface area contributed by atoms with Crippen LogP contribution in [0, 0.1) is 0 Å². The highest BCUT2D eigenvalue weighted by molar-refractivity contribution is 7.91. The molecule has 1 fully saturated rings. The molecule has 7 heteroatoms. The molecule has 1 aliphatic rings. The number of nitrogens with one attached hydrogen (secondary N) is 1. The second kappa shape index (κ2) is 7.77. The number of amides is 1. The van der Waals surface area contributed by atoms with Crippen LogP contribution in [0.25, 0.3) is 0 Å². The number of carbonyl (C=O) groups excluding carboxylic acids is 1. The predicted octanol–water partition coefficient (Wildman–Crippen LogP) is 1.62. The normalized spacial score (nSPS) is 19.5. The molecule has 2 heterocycles. The smallest absolute Gasteiger partial charge is 0.270 e. The summed E-state index contributed by atoms with van der Waals surface area (Å²) in [6.07, 6.45) is 4.17. The number of sulfone groups is 1. The van der Waals surface area contributed by atoms with Crippen molar-refractivity contribution in [2.45, 2.75) is 39.2 Å². The third-order valence-electron chi connectivity index (χ3n) is 3.90. The van der Waals surface area contributed by atoms with Gasteiger partial charge in [0, 0.05) is 31.0 Å². The van der Waals surface area contributed by atoms with Gasteiger partial charge in [-0.25, -0.2) is 8.42 Å². The maximum Gasteiger partial charge on any atom is 0.270 e. The fourth-order valence-electron chi connectivity index (χ4n) is 2.82. The molecule has 0 aliphatic carbocycles. The van der Waals surface area contributed by atoms with Crippen molar-refractivity contribution >= 4 is 21.4 Å². The van der Waals surface area contributed by atoms with Gasteiger partial charge in [0.1, 0.15) is 5.69 Å². The van der Waals surface area contributed by atoms with Crippen LogP contribution < -0.4 is 10.2 Å². The van der Waals surface area contributed by atoms with Crippen LogP contribution in [0.5, 0.6) is 0 Å². The van der Waals surface area contributed by atoms with Crippen LogP contribution >= 0.6 is 0 Å². The van der Waals surface area contributed by atoms with Crippen molar-refractivity contribution in [2.75, 3.05) is 29.5 Å². The maximum absolute atomic E-state index is 12.3. The van der Waals surface area contributed by atoms with E-state index < -0.39 is 9.84 Å². The highest BCUT2D eigenvalue weighted by Gasteiger charge is 2.29. The van der Waals surface area contributed by atoms with Crippen LogP contribution in [0.1, 0.15) is 43.6 Å². The van der Waals surface area contributed by atoms with Crippen LogP contribution in [0.15, 0.2) is 18.3 Å². The van der Waals surface area contributed by atoms with Crippen molar-refractivity contribution in [3.05, 3.63) is 24.0 Å². The van der Waals surface area contributed by atoms with E-state index >= 15 is 0 Å². The summed E-state index contributed by atoms with van der Waals surface area (Å²) >= 11 is 0. The Morgan fingerprint density at radius 3 is 2.61 bits per heavy atom. The van der Waals surface area contributed by atoms with Gasteiger partial charge in [-0.05, 0) is 31.4 Å². The van der Waals surface area contributed by atoms with E-state index in [2.05, 4.69) is 29.0 Å². The van der Waals surface area contributed by atoms with Crippen molar-refractivity contribution in [1.82, 2.24) is 10.3 Å². The van der Waals surface area contributed by atoms with Crippen molar-refractivity contribution in [3.8, 4) is 0 Å². The van der Waals surface area contributed by atoms with E-state index in [-0.39, 0.29) is 23.5 Å². The minimum atomic E-state index is -3.00. The fraction of sp³-hybridized carbons (Fsp3) is 0.625. The van der Waals surface area contributed by atoms with Crippen LogP contribution in [-0.2, 0) is 9.84 Å². The Kier molecular flexibility index (Phi) is 5.98. The topological polar surface area (TPSA) is 79.4 Å². The van der Waals surface area contributed by atoms with Gasteiger partial charge in [-0.2, -0.15) is 0 Å². The van der Waals surface area contributed by atoms with Crippen LogP contribution in [0.2, 0.25) is 0 Å². The van der Waals surface area contributed by atoms with E-state index in [1.807, 2.05) is 6.07 Å². The molecule has 1 aromatic heterocycles. The van der Waals surface area contributed by atoms with Gasteiger partial charge in [0.15, 0.2) is 9.84 Å². The van der Waals surface area contributed by atoms with E-state index in [0.717, 1.165) is 31.6 Å². The Bertz CT molecular complexity index is 640. The second-order valence-corrected chi connectivity index (χ2v) is 8.19. The lowest BCUT2D eigenvalue weighted by Crippen LogP contribution is -2.36. The zero-order valence-electron chi connectivity index (χ0n) is 13.8. The quantitative estimate of drug-likeness (QED) is 0.817. The summed E-state index contributed by atoms with van der Waals surface area (Å²) in [7, 11) is -3.00. The molecule has 0 spiro atoms. The molecule has 1 N–H and O–H groups in total. The molecule has 1 aliphatic heterocycles. The summed E-state index contributed by atoms with van der Waals surface area (Å²) in [6, 6.07) is 3.38. The fourth-order valence-corrected chi connectivity index (χ4v) is 4.49. The third-order valence-corrected chi connectivity index (χ3v) is 5.66. The number of aromatic nitrogens is 1. The zero-order chi connectivity index (χ0) is 16.9. The molecular formula is C16H25N3O3S. The lowest BCUT2D eigenvalue weighted by Gasteiger charge is -2.24. The molecule has 1 aromatic rings. The number of hydrogen-bond acceptors (Lipinski definition) is 5. The number of anilines is 1. The summed E-state index contributed by atoms with van der Waals surface area (Å²) in [5.41, 5.74) is 1.32. The van der Waals surface area contributed by atoms with E-state index in [1.54, 1.807) is 12.3 Å². The van der Waals surface area contributed by atoms with Crippen molar-refractivity contribution in [2.24, 2.45) is 0 Å². The highest BCUT2D eigenvalue weighted by Crippen LogP contribution is 2.17. The second-order valence-electron chi connectivity index (χ2n) is 5.96. The van der Waals surface area contributed by atoms with Gasteiger partial charge in [0.2, 0.25) is 0 Å². The molecule has 1 atom stereocenters. The van der Waals surface area contributed by atoms with Gasteiger partial charge in [-0.1, -0.05) is 13.8 Å². The van der Waals surface area contributed by atoms with Gasteiger partial charge >= 0.3 is 0 Å². The lowest BCUT2D eigenvalue weighted by atomic mass is 10.2. The van der Waals surface area contributed by atoms with Crippen LogP contribution in [-0.4, -0.2) is 49.9 Å². The molecule has 0 radical (unpaired) electrons. The number of rotatable bonds is 7. The number of pyridine rings is 1. The zero-order valence-corrected chi connectivity index (χ0v) is 14.6.